The van der Waals surface area contributed by atoms with E-state index in [4.69, 9.17) is 9.47 Å². The highest BCUT2D eigenvalue weighted by molar-refractivity contribution is 14.0. The van der Waals surface area contributed by atoms with Crippen LogP contribution in [-0.2, 0) is 9.47 Å². The summed E-state index contributed by atoms with van der Waals surface area (Å²) >= 11 is 0. The largest absolute Gasteiger partial charge is 0.375 e. The Morgan fingerprint density at radius 1 is 1.25 bits per heavy atom. The molecule has 2 rings (SSSR count). The molecule has 0 aromatic carbocycles. The zero-order chi connectivity index (χ0) is 16.5. The number of unbranched alkanes of at least 4 members (excludes halogenated alkanes) is 1. The van der Waals surface area contributed by atoms with Crippen LogP contribution in [0.15, 0.2) is 4.99 Å². The molecule has 2 heterocycles. The molecule has 24 heavy (non-hydrogen) atoms. The average Bonchev–Trinajstić information content (AvgIpc) is 3.11. The SMILES string of the molecule is CCCCN(C)CCNC(=NC)N1CCOC(C2CCCO2)C1.I. The molecule has 0 bridgehead atoms. The van der Waals surface area contributed by atoms with Crippen molar-refractivity contribution in [1.29, 1.82) is 0 Å². The van der Waals surface area contributed by atoms with Gasteiger partial charge in [-0.15, -0.1) is 24.0 Å². The molecule has 2 saturated heterocycles. The van der Waals surface area contributed by atoms with Gasteiger partial charge in [0.15, 0.2) is 5.96 Å². The van der Waals surface area contributed by atoms with Gasteiger partial charge in [-0.05, 0) is 32.9 Å². The summed E-state index contributed by atoms with van der Waals surface area (Å²) in [5, 5.41) is 3.50. The molecular formula is C17H35IN4O2. The Labute approximate surface area is 164 Å². The number of rotatable bonds is 7. The van der Waals surface area contributed by atoms with Gasteiger partial charge in [-0.25, -0.2) is 0 Å². The monoisotopic (exact) mass is 454 g/mol. The second kappa shape index (κ2) is 12.3. The van der Waals surface area contributed by atoms with Gasteiger partial charge in [0.1, 0.15) is 6.10 Å². The van der Waals surface area contributed by atoms with E-state index in [1.807, 2.05) is 7.05 Å². The van der Waals surface area contributed by atoms with Crippen molar-refractivity contribution >= 4 is 29.9 Å². The number of likely N-dealkylation sites (N-methyl/N-ethyl adjacent to an activating group) is 1. The maximum absolute atomic E-state index is 5.92. The number of ether oxygens (including phenoxy) is 2. The maximum atomic E-state index is 5.92. The van der Waals surface area contributed by atoms with Crippen molar-refractivity contribution < 1.29 is 9.47 Å². The van der Waals surface area contributed by atoms with Crippen LogP contribution in [0.1, 0.15) is 32.6 Å². The van der Waals surface area contributed by atoms with Crippen LogP contribution in [-0.4, -0.2) is 88.0 Å². The van der Waals surface area contributed by atoms with E-state index in [1.165, 1.54) is 12.8 Å². The number of morpholine rings is 1. The summed E-state index contributed by atoms with van der Waals surface area (Å²) in [7, 11) is 4.04. The van der Waals surface area contributed by atoms with Gasteiger partial charge in [0.05, 0.1) is 12.7 Å². The molecule has 0 saturated carbocycles. The van der Waals surface area contributed by atoms with Crippen LogP contribution in [0.4, 0.5) is 0 Å². The third-order valence-electron chi connectivity index (χ3n) is 4.65. The lowest BCUT2D eigenvalue weighted by Crippen LogP contribution is -2.54. The second-order valence-corrected chi connectivity index (χ2v) is 6.54. The maximum Gasteiger partial charge on any atom is 0.193 e. The summed E-state index contributed by atoms with van der Waals surface area (Å²) in [6, 6.07) is 0. The van der Waals surface area contributed by atoms with E-state index in [0.717, 1.165) is 64.7 Å². The summed E-state index contributed by atoms with van der Waals surface area (Å²) < 4.78 is 11.7. The fourth-order valence-corrected chi connectivity index (χ4v) is 3.22. The lowest BCUT2D eigenvalue weighted by molar-refractivity contribution is -0.0817. The number of guanidine groups is 1. The van der Waals surface area contributed by atoms with E-state index in [9.17, 15) is 0 Å². The molecule has 0 aromatic heterocycles. The molecule has 1 N–H and O–H groups in total. The summed E-state index contributed by atoms with van der Waals surface area (Å²) in [6.45, 7) is 8.76. The molecule has 0 aliphatic carbocycles. The first-order chi connectivity index (χ1) is 11.2. The minimum absolute atomic E-state index is 0. The van der Waals surface area contributed by atoms with Crippen molar-refractivity contribution in [2.24, 2.45) is 4.99 Å². The van der Waals surface area contributed by atoms with Crippen LogP contribution < -0.4 is 5.32 Å². The molecule has 2 fully saturated rings. The summed E-state index contributed by atoms with van der Waals surface area (Å²) in [4.78, 5) is 9.13. The van der Waals surface area contributed by atoms with Crippen molar-refractivity contribution in [1.82, 2.24) is 15.1 Å². The predicted molar refractivity (Wildman–Crippen MR) is 109 cm³/mol. The molecule has 0 amide bonds. The van der Waals surface area contributed by atoms with E-state index in [1.54, 1.807) is 0 Å². The zero-order valence-corrected chi connectivity index (χ0v) is 17.8. The molecule has 2 aliphatic rings. The van der Waals surface area contributed by atoms with Crippen LogP contribution in [0.3, 0.4) is 0 Å². The quantitative estimate of drug-likeness (QED) is 0.361. The number of nitrogens with one attached hydrogen (secondary N) is 1. The van der Waals surface area contributed by atoms with E-state index in [0.29, 0.717) is 0 Å². The fraction of sp³-hybridized carbons (Fsp3) is 0.941. The highest BCUT2D eigenvalue weighted by Gasteiger charge is 2.32. The van der Waals surface area contributed by atoms with E-state index in [-0.39, 0.29) is 36.2 Å². The molecule has 0 aromatic rings. The number of hydrogen-bond donors (Lipinski definition) is 1. The third kappa shape index (κ3) is 7.01. The summed E-state index contributed by atoms with van der Waals surface area (Å²) in [6.07, 6.45) is 5.22. The Hall–Kier alpha value is -0.120. The smallest absolute Gasteiger partial charge is 0.193 e. The summed E-state index contributed by atoms with van der Waals surface area (Å²) in [5.41, 5.74) is 0. The molecule has 0 spiro atoms. The van der Waals surface area contributed by atoms with Gasteiger partial charge in [-0.3, -0.25) is 4.99 Å². The Morgan fingerprint density at radius 3 is 2.71 bits per heavy atom. The Balaban J connectivity index is 0.00000288. The third-order valence-corrected chi connectivity index (χ3v) is 4.65. The van der Waals surface area contributed by atoms with Gasteiger partial charge in [-0.2, -0.15) is 0 Å². The van der Waals surface area contributed by atoms with E-state index in [2.05, 4.69) is 34.1 Å². The fourth-order valence-electron chi connectivity index (χ4n) is 3.22. The number of nitrogens with zero attached hydrogens (tertiary/aromatic N) is 3. The predicted octanol–water partition coefficient (Wildman–Crippen LogP) is 1.79. The molecule has 6 nitrogen and oxygen atoms in total. The Morgan fingerprint density at radius 2 is 2.04 bits per heavy atom. The first-order valence-corrected chi connectivity index (χ1v) is 9.12. The molecule has 2 aliphatic heterocycles. The van der Waals surface area contributed by atoms with Gasteiger partial charge < -0.3 is 24.6 Å². The van der Waals surface area contributed by atoms with Crippen molar-refractivity contribution in [2.75, 3.05) is 60.0 Å². The lowest BCUT2D eigenvalue weighted by atomic mass is 10.1. The number of halogens is 1. The second-order valence-electron chi connectivity index (χ2n) is 6.54. The topological polar surface area (TPSA) is 49.3 Å². The lowest BCUT2D eigenvalue weighted by Gasteiger charge is -2.37. The van der Waals surface area contributed by atoms with Crippen molar-refractivity contribution in [2.45, 2.75) is 44.8 Å². The molecule has 142 valence electrons. The average molecular weight is 454 g/mol. The highest BCUT2D eigenvalue weighted by atomic mass is 127. The van der Waals surface area contributed by atoms with Gasteiger partial charge in [-0.1, -0.05) is 13.3 Å². The van der Waals surface area contributed by atoms with Crippen LogP contribution in [0.25, 0.3) is 0 Å². The summed E-state index contributed by atoms with van der Waals surface area (Å²) in [5.74, 6) is 0.986. The zero-order valence-electron chi connectivity index (χ0n) is 15.5. The highest BCUT2D eigenvalue weighted by Crippen LogP contribution is 2.20. The van der Waals surface area contributed by atoms with Gasteiger partial charge >= 0.3 is 0 Å². The minimum atomic E-state index is 0. The van der Waals surface area contributed by atoms with Gasteiger partial charge in [0.25, 0.3) is 0 Å². The first kappa shape index (κ1) is 21.9. The van der Waals surface area contributed by atoms with Crippen molar-refractivity contribution in [3.63, 3.8) is 0 Å². The Bertz CT molecular complexity index is 364. The van der Waals surface area contributed by atoms with E-state index >= 15 is 0 Å². The van der Waals surface area contributed by atoms with Crippen LogP contribution >= 0.6 is 24.0 Å². The molecule has 2 unspecified atom stereocenters. The molecule has 7 heteroatoms. The van der Waals surface area contributed by atoms with Crippen molar-refractivity contribution in [3.05, 3.63) is 0 Å². The van der Waals surface area contributed by atoms with Gasteiger partial charge in [0, 0.05) is 39.8 Å². The molecular weight excluding hydrogens is 419 g/mol. The Kier molecular flexibility index (Phi) is 11.2. The minimum Gasteiger partial charge on any atom is -0.375 e. The van der Waals surface area contributed by atoms with Gasteiger partial charge in [0.2, 0.25) is 0 Å². The van der Waals surface area contributed by atoms with Crippen LogP contribution in [0, 0.1) is 0 Å². The molecule has 2 atom stereocenters. The first-order valence-electron chi connectivity index (χ1n) is 9.12. The van der Waals surface area contributed by atoms with Crippen LogP contribution in [0.2, 0.25) is 0 Å². The van der Waals surface area contributed by atoms with Crippen molar-refractivity contribution in [3.8, 4) is 0 Å². The van der Waals surface area contributed by atoms with Crippen LogP contribution in [0.5, 0.6) is 0 Å². The number of aliphatic imine (C=N–C) groups is 1. The normalized spacial score (nSPS) is 25.0. The standard InChI is InChI=1S/C17H34N4O2.HI/c1-4-5-9-20(3)10-8-19-17(18-2)21-11-13-23-16(14-21)15-7-6-12-22-15;/h15-16H,4-14H2,1-3H3,(H,18,19);1H. The number of hydrogen-bond acceptors (Lipinski definition) is 4. The molecule has 0 radical (unpaired) electrons. The van der Waals surface area contributed by atoms with E-state index < -0.39 is 0 Å².